The second kappa shape index (κ2) is 14.5. The van der Waals surface area contributed by atoms with Crippen molar-refractivity contribution in [2.24, 2.45) is 0 Å². The first kappa shape index (κ1) is 36.9. The van der Waals surface area contributed by atoms with Gasteiger partial charge in [0.25, 0.3) is 0 Å². The van der Waals surface area contributed by atoms with Gasteiger partial charge < -0.3 is 4.57 Å². The van der Waals surface area contributed by atoms with Gasteiger partial charge in [0.1, 0.15) is 0 Å². The molecule has 0 bridgehead atoms. The van der Waals surface area contributed by atoms with Gasteiger partial charge in [-0.15, -0.1) is 0 Å². The van der Waals surface area contributed by atoms with Crippen molar-refractivity contribution >= 4 is 68.4 Å². The summed E-state index contributed by atoms with van der Waals surface area (Å²) in [4.78, 5) is 0. The Balaban J connectivity index is 1.59. The second-order valence-corrected chi connectivity index (χ2v) is 20.6. The lowest BCUT2D eigenvalue weighted by Crippen LogP contribution is -2.29. The summed E-state index contributed by atoms with van der Waals surface area (Å²) in [6, 6.07) is 53.6. The standard InChI is InChI=1S/C52H48OP2/c1-33-21-34(2)26-43(25-33)54(44-27-35(3)22-36(4)28-44)49-19-17-41-13-9-11-15-47(41)51(49)52-48-16-12-10-14-42(48)18-20-50(52)55(53,45-29-37(5)23-38(6)30-45)46-31-39(7)24-40(8)32-46/h9-32H,1-8H3. The van der Waals surface area contributed by atoms with Crippen LogP contribution in [0.3, 0.4) is 0 Å². The van der Waals surface area contributed by atoms with E-state index in [0.29, 0.717) is 0 Å². The Kier molecular flexibility index (Phi) is 9.76. The summed E-state index contributed by atoms with van der Waals surface area (Å²) in [6.07, 6.45) is 0. The fourth-order valence-corrected chi connectivity index (χ4v) is 14.9. The molecule has 8 aromatic carbocycles. The summed E-state index contributed by atoms with van der Waals surface area (Å²) in [6.45, 7) is 17.3. The number of aryl methyl sites for hydroxylation is 8. The maximum atomic E-state index is 17.0. The molecule has 0 unspecified atom stereocenters. The molecule has 0 heterocycles. The highest BCUT2D eigenvalue weighted by Gasteiger charge is 2.36. The maximum Gasteiger partial charge on any atom is 0.171 e. The van der Waals surface area contributed by atoms with Crippen LogP contribution in [0, 0.1) is 55.4 Å². The number of hydrogen-bond donors (Lipinski definition) is 0. The molecule has 0 radical (unpaired) electrons. The molecule has 8 aromatic rings. The average Bonchev–Trinajstić information content (AvgIpc) is 3.12. The van der Waals surface area contributed by atoms with Crippen LogP contribution in [0.4, 0.5) is 0 Å². The topological polar surface area (TPSA) is 17.1 Å². The van der Waals surface area contributed by atoms with Gasteiger partial charge in [-0.05, 0) is 137 Å². The third-order valence-corrected chi connectivity index (χ3v) is 16.1. The molecule has 0 saturated carbocycles. The van der Waals surface area contributed by atoms with Crippen LogP contribution in [0.2, 0.25) is 0 Å². The van der Waals surface area contributed by atoms with E-state index in [9.17, 15) is 0 Å². The first-order valence-electron chi connectivity index (χ1n) is 19.2. The van der Waals surface area contributed by atoms with Crippen molar-refractivity contribution in [2.45, 2.75) is 55.4 Å². The molecule has 1 nitrogen and oxygen atoms in total. The molecule has 0 aromatic heterocycles. The molecule has 55 heavy (non-hydrogen) atoms. The molecule has 0 fully saturated rings. The largest absolute Gasteiger partial charge is 0.309 e. The minimum Gasteiger partial charge on any atom is -0.309 e. The molecule has 0 aliphatic heterocycles. The third-order valence-electron chi connectivity index (χ3n) is 10.7. The van der Waals surface area contributed by atoms with Crippen molar-refractivity contribution in [3.05, 3.63) is 190 Å². The number of benzene rings is 8. The zero-order valence-corrected chi connectivity index (χ0v) is 34.9. The van der Waals surface area contributed by atoms with E-state index in [2.05, 4.69) is 201 Å². The molecule has 272 valence electrons. The van der Waals surface area contributed by atoms with Crippen molar-refractivity contribution in [3.8, 4) is 11.1 Å². The molecular weight excluding hydrogens is 703 g/mol. The summed E-state index contributed by atoms with van der Waals surface area (Å²) >= 11 is 0. The predicted octanol–water partition coefficient (Wildman–Crippen LogP) is 11.5. The van der Waals surface area contributed by atoms with Crippen molar-refractivity contribution in [3.63, 3.8) is 0 Å². The first-order valence-corrected chi connectivity index (χ1v) is 22.2. The Hall–Kier alpha value is -5.06. The van der Waals surface area contributed by atoms with E-state index in [1.165, 1.54) is 54.5 Å². The van der Waals surface area contributed by atoms with E-state index >= 15 is 4.57 Å². The van der Waals surface area contributed by atoms with Gasteiger partial charge in [-0.2, -0.15) is 0 Å². The average molecular weight is 751 g/mol. The molecule has 3 heteroatoms. The fraction of sp³-hybridized carbons (Fsp3) is 0.154. The summed E-state index contributed by atoms with van der Waals surface area (Å²) < 4.78 is 17.0. The van der Waals surface area contributed by atoms with E-state index in [1.54, 1.807) is 0 Å². The van der Waals surface area contributed by atoms with E-state index in [-0.39, 0.29) is 0 Å². The van der Waals surface area contributed by atoms with Crippen LogP contribution in [0.1, 0.15) is 44.5 Å². The SMILES string of the molecule is Cc1cc(C)cc(P(c2cc(C)cc(C)c2)c2ccc3ccccc3c2-c2c(P(=O)(c3cc(C)cc(C)c3)c3cc(C)cc(C)c3)ccc3ccccc23)c1. The Morgan fingerprint density at radius 1 is 0.382 bits per heavy atom. The van der Waals surface area contributed by atoms with Crippen LogP contribution >= 0.6 is 15.1 Å². The lowest BCUT2D eigenvalue weighted by molar-refractivity contribution is 0.592. The van der Waals surface area contributed by atoms with Gasteiger partial charge in [0.05, 0.1) is 0 Å². The molecule has 8 rings (SSSR count). The molecule has 0 atom stereocenters. The highest BCUT2D eigenvalue weighted by atomic mass is 31.2. The highest BCUT2D eigenvalue weighted by molar-refractivity contribution is 7.85. The quantitative estimate of drug-likeness (QED) is 0.148. The molecule has 0 saturated heterocycles. The van der Waals surface area contributed by atoms with E-state index in [0.717, 1.165) is 54.5 Å². The lowest BCUT2D eigenvalue weighted by atomic mass is 9.93. The summed E-state index contributed by atoms with van der Waals surface area (Å²) in [5.74, 6) is 0. The van der Waals surface area contributed by atoms with Gasteiger partial charge in [0, 0.05) is 21.5 Å². The van der Waals surface area contributed by atoms with Gasteiger partial charge in [0.2, 0.25) is 0 Å². The van der Waals surface area contributed by atoms with Crippen LogP contribution < -0.4 is 31.8 Å². The monoisotopic (exact) mass is 750 g/mol. The smallest absolute Gasteiger partial charge is 0.171 e. The Labute approximate surface area is 328 Å². The van der Waals surface area contributed by atoms with Gasteiger partial charge in [0.15, 0.2) is 7.14 Å². The maximum absolute atomic E-state index is 17.0. The number of hydrogen-bond acceptors (Lipinski definition) is 1. The zero-order chi connectivity index (χ0) is 38.6. The van der Waals surface area contributed by atoms with Crippen LogP contribution in [-0.4, -0.2) is 0 Å². The van der Waals surface area contributed by atoms with E-state index in [4.69, 9.17) is 0 Å². The molecule has 0 aliphatic carbocycles. The second-order valence-electron chi connectivity index (χ2n) is 15.7. The highest BCUT2D eigenvalue weighted by Crippen LogP contribution is 2.50. The number of fused-ring (bicyclic) bond motifs is 2. The summed E-state index contributed by atoms with van der Waals surface area (Å²) in [7, 11) is -4.54. The van der Waals surface area contributed by atoms with Crippen LogP contribution in [-0.2, 0) is 4.57 Å². The molecule has 0 spiro atoms. The van der Waals surface area contributed by atoms with Gasteiger partial charge in [-0.25, -0.2) is 0 Å². The molecule has 0 N–H and O–H groups in total. The Morgan fingerprint density at radius 3 is 1.18 bits per heavy atom. The Bertz CT molecular complexity index is 2660. The fourth-order valence-electron chi connectivity index (χ4n) is 8.77. The van der Waals surface area contributed by atoms with E-state index < -0.39 is 15.1 Å². The van der Waals surface area contributed by atoms with Crippen LogP contribution in [0.25, 0.3) is 32.7 Å². The van der Waals surface area contributed by atoms with Gasteiger partial charge in [-0.1, -0.05) is 160 Å². The summed E-state index contributed by atoms with van der Waals surface area (Å²) in [5.41, 5.74) is 11.7. The van der Waals surface area contributed by atoms with Crippen molar-refractivity contribution in [1.29, 1.82) is 0 Å². The van der Waals surface area contributed by atoms with Crippen molar-refractivity contribution < 1.29 is 4.57 Å². The number of rotatable bonds is 7. The van der Waals surface area contributed by atoms with Gasteiger partial charge in [-0.3, -0.25) is 0 Å². The van der Waals surface area contributed by atoms with E-state index in [1.807, 2.05) is 0 Å². The van der Waals surface area contributed by atoms with Crippen LogP contribution in [0.5, 0.6) is 0 Å². The normalized spacial score (nSPS) is 11.9. The molecule has 0 aliphatic rings. The zero-order valence-electron chi connectivity index (χ0n) is 33.2. The Morgan fingerprint density at radius 2 is 0.745 bits per heavy atom. The summed E-state index contributed by atoms with van der Waals surface area (Å²) in [5, 5.41) is 11.1. The van der Waals surface area contributed by atoms with Crippen molar-refractivity contribution in [2.75, 3.05) is 0 Å². The van der Waals surface area contributed by atoms with Gasteiger partial charge >= 0.3 is 0 Å². The third kappa shape index (κ3) is 6.91. The molecular formula is C52H48OP2. The first-order chi connectivity index (χ1) is 26.4. The molecule has 0 amide bonds. The minimum atomic E-state index is -3.49. The van der Waals surface area contributed by atoms with Crippen LogP contribution in [0.15, 0.2) is 146 Å². The van der Waals surface area contributed by atoms with Crippen molar-refractivity contribution in [1.82, 2.24) is 0 Å². The lowest BCUT2D eigenvalue weighted by Gasteiger charge is -2.29. The predicted molar refractivity (Wildman–Crippen MR) is 243 cm³/mol. The minimum absolute atomic E-state index is 0.874.